The van der Waals surface area contributed by atoms with Crippen molar-refractivity contribution in [2.24, 2.45) is 11.8 Å². The van der Waals surface area contributed by atoms with E-state index in [1.54, 1.807) is 0 Å². The normalized spacial score (nSPS) is 13.3. The zero-order chi connectivity index (χ0) is 20.2. The van der Waals surface area contributed by atoms with Gasteiger partial charge in [0.15, 0.2) is 0 Å². The van der Waals surface area contributed by atoms with Crippen LogP contribution in [-0.2, 0) is 6.42 Å². The Kier molecular flexibility index (Phi) is 10.1. The first-order chi connectivity index (χ1) is 13.6. The molecular formula is C25H37NO2. The van der Waals surface area contributed by atoms with Crippen LogP contribution in [0.1, 0.15) is 50.7 Å². The molecule has 2 rings (SSSR count). The molecule has 0 saturated carbocycles. The van der Waals surface area contributed by atoms with Crippen LogP contribution in [0.5, 0.6) is 11.5 Å². The van der Waals surface area contributed by atoms with Crippen molar-refractivity contribution in [3.63, 3.8) is 0 Å². The highest BCUT2D eigenvalue weighted by Gasteiger charge is 2.15. The maximum Gasteiger partial charge on any atom is 0.127 e. The fourth-order valence-electron chi connectivity index (χ4n) is 3.43. The molecule has 0 aromatic heterocycles. The number of rotatable bonds is 13. The summed E-state index contributed by atoms with van der Waals surface area (Å²) < 4.78 is 6.02. The highest BCUT2D eigenvalue weighted by Crippen LogP contribution is 2.25. The Bertz CT molecular complexity index is 669. The fraction of sp³-hybridized carbons (Fsp3) is 0.520. The van der Waals surface area contributed by atoms with Crippen molar-refractivity contribution in [3.8, 4) is 11.5 Å². The van der Waals surface area contributed by atoms with Crippen molar-refractivity contribution < 1.29 is 9.84 Å². The summed E-state index contributed by atoms with van der Waals surface area (Å²) in [5, 5.41) is 12.5. The number of nitrogens with one attached hydrogen (secondary N) is 1. The van der Waals surface area contributed by atoms with Crippen LogP contribution in [0.4, 0.5) is 0 Å². The van der Waals surface area contributed by atoms with E-state index in [9.17, 15) is 0 Å². The van der Waals surface area contributed by atoms with Crippen LogP contribution in [0.3, 0.4) is 0 Å². The first kappa shape index (κ1) is 22.4. The SMILES string of the molecule is CCC(C)C(CCc1cccc(Oc2ccc(C)cc2)c1)CNCCCCO. The van der Waals surface area contributed by atoms with Gasteiger partial charge in [-0.05, 0) is 87.4 Å². The lowest BCUT2D eigenvalue weighted by molar-refractivity contribution is 0.279. The zero-order valence-electron chi connectivity index (χ0n) is 17.8. The van der Waals surface area contributed by atoms with Gasteiger partial charge >= 0.3 is 0 Å². The van der Waals surface area contributed by atoms with Gasteiger partial charge in [-0.2, -0.15) is 0 Å². The van der Waals surface area contributed by atoms with Crippen LogP contribution in [0, 0.1) is 18.8 Å². The Morgan fingerprint density at radius 3 is 2.54 bits per heavy atom. The Hall–Kier alpha value is -1.84. The number of aliphatic hydroxyl groups excluding tert-OH is 1. The van der Waals surface area contributed by atoms with E-state index in [0.29, 0.717) is 11.8 Å². The number of hydrogen-bond donors (Lipinski definition) is 2. The molecule has 0 fully saturated rings. The maximum atomic E-state index is 8.90. The van der Waals surface area contributed by atoms with Gasteiger partial charge in [-0.3, -0.25) is 0 Å². The molecule has 154 valence electrons. The van der Waals surface area contributed by atoms with Crippen LogP contribution in [-0.4, -0.2) is 24.8 Å². The highest BCUT2D eigenvalue weighted by atomic mass is 16.5. The summed E-state index contributed by atoms with van der Waals surface area (Å²) >= 11 is 0. The topological polar surface area (TPSA) is 41.5 Å². The first-order valence-electron chi connectivity index (χ1n) is 10.8. The van der Waals surface area contributed by atoms with Gasteiger partial charge in [0.05, 0.1) is 0 Å². The van der Waals surface area contributed by atoms with Crippen molar-refractivity contribution in [2.45, 2.75) is 52.9 Å². The monoisotopic (exact) mass is 383 g/mol. The number of benzene rings is 2. The van der Waals surface area contributed by atoms with E-state index in [4.69, 9.17) is 9.84 Å². The summed E-state index contributed by atoms with van der Waals surface area (Å²) in [6.07, 6.45) is 5.38. The summed E-state index contributed by atoms with van der Waals surface area (Å²) in [4.78, 5) is 0. The summed E-state index contributed by atoms with van der Waals surface area (Å²) in [5.41, 5.74) is 2.57. The number of unbranched alkanes of at least 4 members (excludes halogenated alkanes) is 1. The van der Waals surface area contributed by atoms with Crippen LogP contribution >= 0.6 is 0 Å². The maximum absolute atomic E-state index is 8.90. The van der Waals surface area contributed by atoms with Gasteiger partial charge in [-0.25, -0.2) is 0 Å². The van der Waals surface area contributed by atoms with Gasteiger partial charge in [0, 0.05) is 6.61 Å². The molecule has 28 heavy (non-hydrogen) atoms. The molecule has 2 atom stereocenters. The molecule has 0 saturated heterocycles. The van der Waals surface area contributed by atoms with Gasteiger partial charge in [-0.1, -0.05) is 50.1 Å². The molecule has 0 heterocycles. The van der Waals surface area contributed by atoms with Crippen LogP contribution < -0.4 is 10.1 Å². The van der Waals surface area contributed by atoms with E-state index < -0.39 is 0 Å². The van der Waals surface area contributed by atoms with Crippen molar-refractivity contribution in [1.82, 2.24) is 5.32 Å². The third kappa shape index (κ3) is 8.04. The second-order valence-corrected chi connectivity index (χ2v) is 7.88. The lowest BCUT2D eigenvalue weighted by Crippen LogP contribution is -2.28. The zero-order valence-corrected chi connectivity index (χ0v) is 17.8. The summed E-state index contributed by atoms with van der Waals surface area (Å²) in [5.74, 6) is 3.16. The molecule has 0 radical (unpaired) electrons. The molecule has 3 heteroatoms. The molecule has 0 amide bonds. The average Bonchev–Trinajstić information content (AvgIpc) is 2.71. The standard InChI is InChI=1S/C25H37NO2/c1-4-21(3)23(19-26-16-5-6-17-27)13-12-22-8-7-9-25(18-22)28-24-14-10-20(2)11-15-24/h7-11,14-15,18,21,23,26-27H,4-6,12-13,16-17,19H2,1-3H3. The number of aryl methyl sites for hydroxylation is 2. The van der Waals surface area contributed by atoms with Gasteiger partial charge in [0.1, 0.15) is 11.5 Å². The van der Waals surface area contributed by atoms with E-state index in [2.05, 4.69) is 56.4 Å². The molecule has 0 spiro atoms. The fourth-order valence-corrected chi connectivity index (χ4v) is 3.43. The molecule has 2 aromatic rings. The van der Waals surface area contributed by atoms with Gasteiger partial charge in [-0.15, -0.1) is 0 Å². The van der Waals surface area contributed by atoms with Crippen molar-refractivity contribution in [2.75, 3.05) is 19.7 Å². The molecule has 0 bridgehead atoms. The minimum Gasteiger partial charge on any atom is -0.457 e. The van der Waals surface area contributed by atoms with Crippen molar-refractivity contribution >= 4 is 0 Å². The lowest BCUT2D eigenvalue weighted by atomic mass is 9.86. The van der Waals surface area contributed by atoms with Crippen molar-refractivity contribution in [1.29, 1.82) is 0 Å². The molecule has 2 N–H and O–H groups in total. The third-order valence-corrected chi connectivity index (χ3v) is 5.58. The van der Waals surface area contributed by atoms with Gasteiger partial charge in [0.2, 0.25) is 0 Å². The Morgan fingerprint density at radius 1 is 1.04 bits per heavy atom. The van der Waals surface area contributed by atoms with Crippen LogP contribution in [0.2, 0.25) is 0 Å². The predicted octanol–water partition coefficient (Wildman–Crippen LogP) is 5.74. The molecular weight excluding hydrogens is 346 g/mol. The van der Waals surface area contributed by atoms with E-state index in [0.717, 1.165) is 43.9 Å². The van der Waals surface area contributed by atoms with Crippen LogP contribution in [0.25, 0.3) is 0 Å². The van der Waals surface area contributed by atoms with Gasteiger partial charge in [0.25, 0.3) is 0 Å². The smallest absolute Gasteiger partial charge is 0.127 e. The minimum absolute atomic E-state index is 0.289. The average molecular weight is 384 g/mol. The molecule has 0 aliphatic rings. The second-order valence-electron chi connectivity index (χ2n) is 7.88. The molecule has 0 aliphatic carbocycles. The minimum atomic E-state index is 0.289. The summed E-state index contributed by atoms with van der Waals surface area (Å²) in [6, 6.07) is 16.7. The Balaban J connectivity index is 1.88. The third-order valence-electron chi connectivity index (χ3n) is 5.58. The van der Waals surface area contributed by atoms with E-state index >= 15 is 0 Å². The van der Waals surface area contributed by atoms with E-state index in [1.807, 2.05) is 18.2 Å². The lowest BCUT2D eigenvalue weighted by Gasteiger charge is -2.23. The van der Waals surface area contributed by atoms with E-state index in [-0.39, 0.29) is 6.61 Å². The quantitative estimate of drug-likeness (QED) is 0.433. The predicted molar refractivity (Wildman–Crippen MR) is 118 cm³/mol. The highest BCUT2D eigenvalue weighted by molar-refractivity contribution is 5.35. The molecule has 0 aliphatic heterocycles. The Morgan fingerprint density at radius 2 is 1.82 bits per heavy atom. The molecule has 3 nitrogen and oxygen atoms in total. The van der Waals surface area contributed by atoms with Crippen LogP contribution in [0.15, 0.2) is 48.5 Å². The Labute approximate surface area is 171 Å². The molecule has 2 unspecified atom stereocenters. The second kappa shape index (κ2) is 12.6. The number of ether oxygens (including phenoxy) is 1. The van der Waals surface area contributed by atoms with E-state index in [1.165, 1.54) is 24.0 Å². The first-order valence-corrected chi connectivity index (χ1v) is 10.8. The summed E-state index contributed by atoms with van der Waals surface area (Å²) in [7, 11) is 0. The largest absolute Gasteiger partial charge is 0.457 e. The van der Waals surface area contributed by atoms with Gasteiger partial charge < -0.3 is 15.2 Å². The number of hydrogen-bond acceptors (Lipinski definition) is 3. The number of aliphatic hydroxyl groups is 1. The molecule has 2 aromatic carbocycles. The van der Waals surface area contributed by atoms with Crippen molar-refractivity contribution in [3.05, 3.63) is 59.7 Å². The summed E-state index contributed by atoms with van der Waals surface area (Å²) in [6.45, 7) is 9.06.